The Hall–Kier alpha value is -1.95. The molecule has 0 saturated heterocycles. The monoisotopic (exact) mass is 346 g/mol. The first-order valence-electron chi connectivity index (χ1n) is 8.16. The summed E-state index contributed by atoms with van der Waals surface area (Å²) in [7, 11) is -3.07. The van der Waals surface area contributed by atoms with E-state index in [1.165, 1.54) is 6.26 Å². The molecule has 0 atom stereocenters. The minimum atomic E-state index is -3.07. The lowest BCUT2D eigenvalue weighted by Gasteiger charge is -2.15. The molecule has 1 saturated carbocycles. The maximum absolute atomic E-state index is 12.5. The number of nitrogens with one attached hydrogen (secondary N) is 1. The van der Waals surface area contributed by atoms with E-state index in [1.54, 1.807) is 0 Å². The average Bonchev–Trinajstić information content (AvgIpc) is 3.23. The van der Waals surface area contributed by atoms with Crippen molar-refractivity contribution in [2.24, 2.45) is 5.41 Å². The Labute approximate surface area is 142 Å². The normalized spacial score (nSPS) is 16.1. The van der Waals surface area contributed by atoms with Crippen LogP contribution in [0.2, 0.25) is 0 Å². The maximum atomic E-state index is 12.5. The third-order valence-electron chi connectivity index (χ3n) is 4.47. The third kappa shape index (κ3) is 3.93. The second-order valence-electron chi connectivity index (χ2n) is 6.83. The quantitative estimate of drug-likeness (QED) is 0.872. The lowest BCUT2D eigenvalue weighted by molar-refractivity contribution is -0.117. The molecule has 1 amide bonds. The molecule has 0 aliphatic heterocycles. The first-order valence-corrected chi connectivity index (χ1v) is 10.2. The standard InChI is InChI=1S/C18H22N2O3S/c1-3-13-10-16(14-6-4-5-7-15(14)19-13)20-17(21)11-18(8-9-18)12-24(2,22)23/h4-7,10H,3,8-9,11-12H2,1-2H3,(H,19,20,21). The molecule has 0 radical (unpaired) electrons. The van der Waals surface area contributed by atoms with Gasteiger partial charge in [-0.1, -0.05) is 25.1 Å². The van der Waals surface area contributed by atoms with Crippen molar-refractivity contribution in [3.8, 4) is 0 Å². The van der Waals surface area contributed by atoms with Crippen molar-refractivity contribution in [1.82, 2.24) is 4.98 Å². The number of anilines is 1. The van der Waals surface area contributed by atoms with Crippen molar-refractivity contribution in [2.45, 2.75) is 32.6 Å². The molecule has 0 spiro atoms. The number of rotatable bonds is 6. The van der Waals surface area contributed by atoms with Gasteiger partial charge < -0.3 is 5.32 Å². The van der Waals surface area contributed by atoms with Crippen LogP contribution in [0.3, 0.4) is 0 Å². The summed E-state index contributed by atoms with van der Waals surface area (Å²) in [5, 5.41) is 3.87. The zero-order chi connectivity index (χ0) is 17.4. The molecule has 1 aliphatic rings. The number of amides is 1. The SMILES string of the molecule is CCc1cc(NC(=O)CC2(CS(C)(=O)=O)CC2)c2ccccc2n1. The van der Waals surface area contributed by atoms with Gasteiger partial charge in [0.15, 0.2) is 0 Å². The number of hydrogen-bond donors (Lipinski definition) is 1. The van der Waals surface area contributed by atoms with Crippen molar-refractivity contribution in [1.29, 1.82) is 0 Å². The molecule has 1 aromatic heterocycles. The van der Waals surface area contributed by atoms with Gasteiger partial charge >= 0.3 is 0 Å². The third-order valence-corrected chi connectivity index (χ3v) is 5.60. The van der Waals surface area contributed by atoms with Crippen molar-refractivity contribution in [2.75, 3.05) is 17.3 Å². The van der Waals surface area contributed by atoms with Crippen LogP contribution in [0.15, 0.2) is 30.3 Å². The molecule has 1 aliphatic carbocycles. The van der Waals surface area contributed by atoms with Crippen molar-refractivity contribution in [3.63, 3.8) is 0 Å². The highest BCUT2D eigenvalue weighted by atomic mass is 32.2. The summed E-state index contributed by atoms with van der Waals surface area (Å²) < 4.78 is 23.1. The second-order valence-corrected chi connectivity index (χ2v) is 8.97. The molecular formula is C18H22N2O3S. The van der Waals surface area contributed by atoms with Gasteiger partial charge in [-0.3, -0.25) is 9.78 Å². The van der Waals surface area contributed by atoms with Crippen LogP contribution in [0, 0.1) is 5.41 Å². The number of fused-ring (bicyclic) bond motifs is 1. The first kappa shape index (κ1) is 16.9. The lowest BCUT2D eigenvalue weighted by atomic mass is 10.0. The zero-order valence-electron chi connectivity index (χ0n) is 14.0. The van der Waals surface area contributed by atoms with Crippen molar-refractivity contribution >= 4 is 32.3 Å². The van der Waals surface area contributed by atoms with Gasteiger partial charge in [-0.25, -0.2) is 8.42 Å². The Bertz CT molecular complexity index is 886. The van der Waals surface area contributed by atoms with E-state index in [1.807, 2.05) is 37.3 Å². The number of pyridine rings is 1. The number of hydrogen-bond acceptors (Lipinski definition) is 4. The number of aryl methyl sites for hydroxylation is 1. The van der Waals surface area contributed by atoms with Gasteiger partial charge in [0.2, 0.25) is 5.91 Å². The van der Waals surface area contributed by atoms with Crippen molar-refractivity contribution < 1.29 is 13.2 Å². The predicted molar refractivity (Wildman–Crippen MR) is 95.7 cm³/mol. The molecular weight excluding hydrogens is 324 g/mol. The van der Waals surface area contributed by atoms with Gasteiger partial charge in [-0.05, 0) is 36.8 Å². The molecule has 128 valence electrons. The van der Waals surface area contributed by atoms with E-state index < -0.39 is 9.84 Å². The molecule has 6 heteroatoms. The molecule has 1 fully saturated rings. The highest BCUT2D eigenvalue weighted by Gasteiger charge is 2.46. The van der Waals surface area contributed by atoms with Gasteiger partial charge in [0.1, 0.15) is 9.84 Å². The number of carbonyl (C=O) groups excluding carboxylic acids is 1. The number of benzene rings is 1. The van der Waals surface area contributed by atoms with Gasteiger partial charge in [-0.15, -0.1) is 0 Å². The van der Waals surface area contributed by atoms with Crippen molar-refractivity contribution in [3.05, 3.63) is 36.0 Å². The molecule has 24 heavy (non-hydrogen) atoms. The smallest absolute Gasteiger partial charge is 0.224 e. The Morgan fingerprint density at radius 2 is 2.00 bits per heavy atom. The van der Waals surface area contributed by atoms with E-state index >= 15 is 0 Å². The lowest BCUT2D eigenvalue weighted by Crippen LogP contribution is -2.23. The van der Waals surface area contributed by atoms with Gasteiger partial charge in [0.25, 0.3) is 0 Å². The summed E-state index contributed by atoms with van der Waals surface area (Å²) in [4.78, 5) is 17.0. The molecule has 0 unspecified atom stereocenters. The zero-order valence-corrected chi connectivity index (χ0v) is 14.8. The van der Waals surface area contributed by atoms with Gasteiger partial charge in [0.05, 0.1) is 17.0 Å². The van der Waals surface area contributed by atoms with Crippen LogP contribution in [-0.4, -0.2) is 31.3 Å². The van der Waals surface area contributed by atoms with E-state index in [-0.39, 0.29) is 23.5 Å². The minimum Gasteiger partial charge on any atom is -0.325 e. The largest absolute Gasteiger partial charge is 0.325 e. The van der Waals surface area contributed by atoms with Crippen LogP contribution in [0.1, 0.15) is 31.9 Å². The molecule has 5 nitrogen and oxygen atoms in total. The van der Waals surface area contributed by atoms with Crippen LogP contribution in [0.4, 0.5) is 5.69 Å². The molecule has 1 heterocycles. The maximum Gasteiger partial charge on any atom is 0.224 e. The fourth-order valence-corrected chi connectivity index (χ4v) is 4.66. The summed E-state index contributed by atoms with van der Waals surface area (Å²) in [6.07, 6.45) is 3.86. The highest BCUT2D eigenvalue weighted by Crippen LogP contribution is 2.49. The molecule has 2 aromatic rings. The van der Waals surface area contributed by atoms with Crippen LogP contribution in [0.5, 0.6) is 0 Å². The van der Waals surface area contributed by atoms with Crippen LogP contribution < -0.4 is 5.32 Å². The van der Waals surface area contributed by atoms with Gasteiger partial charge in [-0.2, -0.15) is 0 Å². The van der Waals surface area contributed by atoms with E-state index in [9.17, 15) is 13.2 Å². The number of para-hydroxylation sites is 1. The number of nitrogens with zero attached hydrogens (tertiary/aromatic N) is 1. The van der Waals surface area contributed by atoms with E-state index in [0.717, 1.165) is 41.5 Å². The Balaban J connectivity index is 1.81. The average molecular weight is 346 g/mol. The summed E-state index contributed by atoms with van der Waals surface area (Å²) >= 11 is 0. The number of aromatic nitrogens is 1. The molecule has 0 bridgehead atoms. The van der Waals surface area contributed by atoms with Gasteiger partial charge in [0, 0.05) is 23.8 Å². The fraction of sp³-hybridized carbons (Fsp3) is 0.444. The Morgan fingerprint density at radius 3 is 2.62 bits per heavy atom. The van der Waals surface area contributed by atoms with Crippen LogP contribution in [0.25, 0.3) is 10.9 Å². The molecule has 1 aromatic carbocycles. The van der Waals surface area contributed by atoms with Crippen LogP contribution in [-0.2, 0) is 21.1 Å². The fourth-order valence-electron chi connectivity index (χ4n) is 3.15. The Morgan fingerprint density at radius 1 is 1.29 bits per heavy atom. The summed E-state index contributed by atoms with van der Waals surface area (Å²) in [5.41, 5.74) is 2.15. The topological polar surface area (TPSA) is 76.1 Å². The summed E-state index contributed by atoms with van der Waals surface area (Å²) in [5.74, 6) is -0.0420. The predicted octanol–water partition coefficient (Wildman–Crippen LogP) is 2.95. The second kappa shape index (κ2) is 6.16. The van der Waals surface area contributed by atoms with Crippen LogP contribution >= 0.6 is 0 Å². The number of carbonyl (C=O) groups is 1. The number of sulfone groups is 1. The minimum absolute atomic E-state index is 0.0880. The summed E-state index contributed by atoms with van der Waals surface area (Å²) in [6.45, 7) is 2.02. The summed E-state index contributed by atoms with van der Waals surface area (Å²) in [6, 6.07) is 9.59. The van der Waals surface area contributed by atoms with E-state index in [2.05, 4.69) is 10.3 Å². The highest BCUT2D eigenvalue weighted by molar-refractivity contribution is 7.90. The Kier molecular flexibility index (Phi) is 4.34. The van der Waals surface area contributed by atoms with E-state index in [0.29, 0.717) is 0 Å². The molecule has 1 N–H and O–H groups in total. The first-order chi connectivity index (χ1) is 11.3. The molecule has 3 rings (SSSR count). The van der Waals surface area contributed by atoms with E-state index in [4.69, 9.17) is 0 Å².